The molecule has 0 atom stereocenters. The molecule has 0 amide bonds. The van der Waals surface area contributed by atoms with E-state index in [9.17, 15) is 14.9 Å². The highest BCUT2D eigenvalue weighted by molar-refractivity contribution is 6.33. The predicted octanol–water partition coefficient (Wildman–Crippen LogP) is 3.19. The van der Waals surface area contributed by atoms with Gasteiger partial charge in [-0.25, -0.2) is 4.79 Å². The van der Waals surface area contributed by atoms with Crippen LogP contribution in [0.3, 0.4) is 0 Å². The average molecular weight is 415 g/mol. The van der Waals surface area contributed by atoms with Crippen LogP contribution in [0.25, 0.3) is 17.3 Å². The number of carbonyl (C=O) groups excluding carboxylic acids is 1. The molecular formula is C21H19ClN2O5. The number of rotatable bonds is 5. The Balaban J connectivity index is 2.26. The maximum absolute atomic E-state index is 13.1. The minimum Gasteiger partial charge on any atom is -0.493 e. The maximum atomic E-state index is 13.1. The molecule has 0 N–H and O–H groups in total. The van der Waals surface area contributed by atoms with Crippen LogP contribution in [0.1, 0.15) is 23.6 Å². The van der Waals surface area contributed by atoms with Crippen molar-refractivity contribution < 1.29 is 19.0 Å². The van der Waals surface area contributed by atoms with E-state index in [-0.39, 0.29) is 28.3 Å². The lowest BCUT2D eigenvalue weighted by Crippen LogP contribution is -2.29. The summed E-state index contributed by atoms with van der Waals surface area (Å²) in [5.74, 6) is 0.463. The highest BCUT2D eigenvalue weighted by atomic mass is 35.5. The molecule has 8 heteroatoms. The summed E-state index contributed by atoms with van der Waals surface area (Å²) in [6, 6.07) is 5.68. The molecule has 0 saturated carbocycles. The van der Waals surface area contributed by atoms with Gasteiger partial charge in [-0.1, -0.05) is 11.6 Å². The van der Waals surface area contributed by atoms with Crippen molar-refractivity contribution in [1.82, 2.24) is 4.57 Å². The number of benzene rings is 1. The van der Waals surface area contributed by atoms with Gasteiger partial charge >= 0.3 is 5.97 Å². The summed E-state index contributed by atoms with van der Waals surface area (Å²) in [4.78, 5) is 24.7. The van der Waals surface area contributed by atoms with Gasteiger partial charge in [-0.15, -0.1) is 0 Å². The maximum Gasteiger partial charge on any atom is 0.330 e. The van der Waals surface area contributed by atoms with E-state index in [1.165, 1.54) is 17.8 Å². The van der Waals surface area contributed by atoms with Crippen LogP contribution in [0.2, 0.25) is 5.02 Å². The molecule has 0 saturated heterocycles. The SMILES string of the molecule is CCOC(=O)/C=C/c1c(Cl)c(C#N)c2n(c1=O)CCc1cc(OC)c(OC)cc1-2. The lowest BCUT2D eigenvalue weighted by Gasteiger charge is -2.25. The molecule has 3 rings (SSSR count). The summed E-state index contributed by atoms with van der Waals surface area (Å²) in [7, 11) is 3.06. The topological polar surface area (TPSA) is 90.6 Å². The Morgan fingerprint density at radius 2 is 2.00 bits per heavy atom. The van der Waals surface area contributed by atoms with Crippen molar-refractivity contribution in [2.24, 2.45) is 0 Å². The first kappa shape index (κ1) is 20.5. The Bertz CT molecular complexity index is 1110. The Morgan fingerprint density at radius 3 is 2.62 bits per heavy atom. The molecule has 0 unspecified atom stereocenters. The number of carbonyl (C=O) groups is 1. The molecule has 2 aromatic rings. The van der Waals surface area contributed by atoms with Crippen LogP contribution >= 0.6 is 11.6 Å². The molecule has 0 fully saturated rings. The normalized spacial score (nSPS) is 12.1. The monoisotopic (exact) mass is 414 g/mol. The minimum absolute atomic E-state index is 0.00747. The third-order valence-corrected chi connectivity index (χ3v) is 5.08. The quantitative estimate of drug-likeness (QED) is 0.551. The van der Waals surface area contributed by atoms with Crippen LogP contribution in [0.15, 0.2) is 23.0 Å². The molecule has 1 aromatic carbocycles. The van der Waals surface area contributed by atoms with E-state index < -0.39 is 5.97 Å². The Morgan fingerprint density at radius 1 is 1.31 bits per heavy atom. The van der Waals surface area contributed by atoms with Crippen LogP contribution in [0, 0.1) is 11.3 Å². The first-order valence-corrected chi connectivity index (χ1v) is 9.31. The Labute approximate surface area is 172 Å². The number of nitriles is 1. The Hall–Kier alpha value is -3.24. The van der Waals surface area contributed by atoms with Crippen LogP contribution in [-0.2, 0) is 22.5 Å². The van der Waals surface area contributed by atoms with Gasteiger partial charge in [-0.2, -0.15) is 5.26 Å². The minimum atomic E-state index is -0.591. The highest BCUT2D eigenvalue weighted by Crippen LogP contribution is 2.40. The van der Waals surface area contributed by atoms with Crippen molar-refractivity contribution >= 4 is 23.6 Å². The summed E-state index contributed by atoms with van der Waals surface area (Å²) in [5, 5.41) is 9.78. The van der Waals surface area contributed by atoms with Gasteiger partial charge in [0.05, 0.1) is 42.7 Å². The van der Waals surface area contributed by atoms with Crippen LogP contribution in [0.5, 0.6) is 11.5 Å². The molecule has 29 heavy (non-hydrogen) atoms. The number of aryl methyl sites for hydroxylation is 1. The van der Waals surface area contributed by atoms with Gasteiger partial charge in [0.2, 0.25) is 0 Å². The highest BCUT2D eigenvalue weighted by Gasteiger charge is 2.27. The molecule has 0 spiro atoms. The number of halogens is 1. The summed E-state index contributed by atoms with van der Waals surface area (Å²) in [5.41, 5.74) is 1.88. The van der Waals surface area contributed by atoms with Gasteiger partial charge in [0.1, 0.15) is 6.07 Å². The number of nitrogens with zero attached hydrogens (tertiary/aromatic N) is 2. The van der Waals surface area contributed by atoms with E-state index >= 15 is 0 Å². The number of esters is 1. The zero-order valence-corrected chi connectivity index (χ0v) is 17.0. The van der Waals surface area contributed by atoms with Crippen molar-refractivity contribution in [2.75, 3.05) is 20.8 Å². The smallest absolute Gasteiger partial charge is 0.330 e. The van der Waals surface area contributed by atoms with Gasteiger partial charge in [-0.05, 0) is 37.1 Å². The van der Waals surface area contributed by atoms with E-state index in [4.69, 9.17) is 25.8 Å². The number of aromatic nitrogens is 1. The summed E-state index contributed by atoms with van der Waals surface area (Å²) >= 11 is 6.42. The van der Waals surface area contributed by atoms with Crippen molar-refractivity contribution in [2.45, 2.75) is 19.9 Å². The number of ether oxygens (including phenoxy) is 3. The zero-order chi connectivity index (χ0) is 21.1. The number of pyridine rings is 1. The third-order valence-electron chi connectivity index (χ3n) is 4.69. The standard InChI is InChI=1S/C21H19ClN2O5/c1-4-29-18(25)6-5-13-19(22)15(11-23)20-14-10-17(28-3)16(27-2)9-12(14)7-8-24(20)21(13)26/h5-6,9-10H,4,7-8H2,1-3H3/b6-5+. The number of hydrogen-bond acceptors (Lipinski definition) is 6. The second-order valence-electron chi connectivity index (χ2n) is 6.22. The molecule has 0 radical (unpaired) electrons. The molecule has 150 valence electrons. The third kappa shape index (κ3) is 3.59. The van der Waals surface area contributed by atoms with Gasteiger partial charge in [0.25, 0.3) is 5.56 Å². The molecule has 2 heterocycles. The molecular weight excluding hydrogens is 396 g/mol. The first-order chi connectivity index (χ1) is 14.0. The van der Waals surface area contributed by atoms with Crippen LogP contribution < -0.4 is 15.0 Å². The largest absolute Gasteiger partial charge is 0.493 e. The fourth-order valence-corrected chi connectivity index (χ4v) is 3.65. The Kier molecular flexibility index (Phi) is 5.95. The molecule has 1 aromatic heterocycles. The fraction of sp³-hybridized carbons (Fsp3) is 0.286. The van der Waals surface area contributed by atoms with Crippen LogP contribution in [-0.4, -0.2) is 31.4 Å². The summed E-state index contributed by atoms with van der Waals surface area (Å²) in [6.07, 6.45) is 2.99. The van der Waals surface area contributed by atoms with Gasteiger partial charge in [0.15, 0.2) is 11.5 Å². The molecule has 0 aliphatic carbocycles. The number of hydrogen-bond donors (Lipinski definition) is 0. The lowest BCUT2D eigenvalue weighted by molar-refractivity contribution is -0.137. The van der Waals surface area contributed by atoms with Crippen LogP contribution in [0.4, 0.5) is 0 Å². The first-order valence-electron chi connectivity index (χ1n) is 8.93. The zero-order valence-electron chi connectivity index (χ0n) is 16.2. The van der Waals surface area contributed by atoms with Gasteiger partial charge in [0, 0.05) is 18.2 Å². The summed E-state index contributed by atoms with van der Waals surface area (Å²) < 4.78 is 17.1. The van der Waals surface area contributed by atoms with E-state index in [1.807, 2.05) is 6.07 Å². The van der Waals surface area contributed by atoms with Crippen molar-refractivity contribution in [3.05, 3.63) is 50.3 Å². The second kappa shape index (κ2) is 8.41. The molecule has 1 aliphatic rings. The van der Waals surface area contributed by atoms with Crippen molar-refractivity contribution in [1.29, 1.82) is 5.26 Å². The number of methoxy groups -OCH3 is 2. The van der Waals surface area contributed by atoms with Gasteiger partial charge in [-0.3, -0.25) is 4.79 Å². The van der Waals surface area contributed by atoms with Crippen molar-refractivity contribution in [3.63, 3.8) is 0 Å². The second-order valence-corrected chi connectivity index (χ2v) is 6.60. The van der Waals surface area contributed by atoms with E-state index in [0.717, 1.165) is 11.6 Å². The predicted molar refractivity (Wildman–Crippen MR) is 108 cm³/mol. The van der Waals surface area contributed by atoms with E-state index in [2.05, 4.69) is 6.07 Å². The van der Waals surface area contributed by atoms with Gasteiger partial charge < -0.3 is 18.8 Å². The molecule has 7 nitrogen and oxygen atoms in total. The summed E-state index contributed by atoms with van der Waals surface area (Å²) in [6.45, 7) is 2.26. The van der Waals surface area contributed by atoms with E-state index in [0.29, 0.717) is 35.7 Å². The molecule has 1 aliphatic heterocycles. The lowest BCUT2D eigenvalue weighted by atomic mass is 9.93. The van der Waals surface area contributed by atoms with Crippen molar-refractivity contribution in [3.8, 4) is 28.8 Å². The number of fused-ring (bicyclic) bond motifs is 3. The average Bonchev–Trinajstić information content (AvgIpc) is 2.72. The van der Waals surface area contributed by atoms with E-state index in [1.54, 1.807) is 20.1 Å². The molecule has 0 bridgehead atoms. The fourth-order valence-electron chi connectivity index (χ4n) is 3.38.